The van der Waals surface area contributed by atoms with Crippen molar-refractivity contribution in [3.05, 3.63) is 71.0 Å². The molecule has 2 rings (SSSR count). The predicted octanol–water partition coefficient (Wildman–Crippen LogP) is 4.95. The number of nitrogens with one attached hydrogen (secondary N) is 1. The van der Waals surface area contributed by atoms with Crippen molar-refractivity contribution in [2.24, 2.45) is 5.92 Å². The first-order chi connectivity index (χ1) is 14.8. The van der Waals surface area contributed by atoms with Crippen LogP contribution in [0.4, 0.5) is 4.39 Å². The Kier molecular flexibility index (Phi) is 10.0. The molecule has 0 aliphatic heterocycles. The molecule has 0 aromatic heterocycles. The molecule has 6 heteroatoms. The summed E-state index contributed by atoms with van der Waals surface area (Å²) in [7, 11) is 0. The van der Waals surface area contributed by atoms with Gasteiger partial charge in [-0.05, 0) is 42.5 Å². The second-order valence-electron chi connectivity index (χ2n) is 8.19. The molecule has 31 heavy (non-hydrogen) atoms. The molecule has 4 nitrogen and oxygen atoms in total. The second kappa shape index (κ2) is 12.5. The van der Waals surface area contributed by atoms with Crippen LogP contribution in [0.15, 0.2) is 48.5 Å². The van der Waals surface area contributed by atoms with E-state index in [0.717, 1.165) is 11.3 Å². The third kappa shape index (κ3) is 8.37. The molecular weight excluding hydrogens is 411 g/mol. The third-order valence-electron chi connectivity index (χ3n) is 4.91. The van der Waals surface area contributed by atoms with Gasteiger partial charge >= 0.3 is 0 Å². The molecular formula is C25H33FN2O2S. The van der Waals surface area contributed by atoms with Crippen molar-refractivity contribution >= 4 is 23.6 Å². The quantitative estimate of drug-likeness (QED) is 0.534. The van der Waals surface area contributed by atoms with Crippen LogP contribution in [0.5, 0.6) is 0 Å². The fourth-order valence-electron chi connectivity index (χ4n) is 3.27. The van der Waals surface area contributed by atoms with Crippen LogP contribution in [0.2, 0.25) is 0 Å². The molecule has 0 saturated heterocycles. The van der Waals surface area contributed by atoms with Crippen LogP contribution < -0.4 is 5.32 Å². The highest BCUT2D eigenvalue weighted by atomic mass is 32.2. The Balaban J connectivity index is 2.11. The van der Waals surface area contributed by atoms with E-state index in [1.807, 2.05) is 39.8 Å². The van der Waals surface area contributed by atoms with E-state index in [1.54, 1.807) is 17.0 Å². The minimum Gasteiger partial charge on any atom is -0.354 e. The number of nitrogens with zero attached hydrogens (tertiary/aromatic N) is 1. The van der Waals surface area contributed by atoms with Gasteiger partial charge in [0.05, 0.1) is 5.75 Å². The molecule has 2 aromatic rings. The van der Waals surface area contributed by atoms with Gasteiger partial charge < -0.3 is 10.2 Å². The van der Waals surface area contributed by atoms with Crippen LogP contribution in [0, 0.1) is 18.7 Å². The summed E-state index contributed by atoms with van der Waals surface area (Å²) >= 11 is 1.54. The van der Waals surface area contributed by atoms with Crippen molar-refractivity contribution in [2.45, 2.75) is 52.5 Å². The summed E-state index contributed by atoms with van der Waals surface area (Å²) in [5.41, 5.74) is 3.16. The van der Waals surface area contributed by atoms with Gasteiger partial charge in [-0.15, -0.1) is 11.8 Å². The Bertz CT molecular complexity index is 855. The maximum absolute atomic E-state index is 13.3. The first kappa shape index (κ1) is 24.9. The summed E-state index contributed by atoms with van der Waals surface area (Å²) < 4.78 is 13.3. The highest BCUT2D eigenvalue weighted by Crippen LogP contribution is 2.18. The van der Waals surface area contributed by atoms with E-state index in [2.05, 4.69) is 17.4 Å². The van der Waals surface area contributed by atoms with Crippen molar-refractivity contribution < 1.29 is 14.0 Å². The maximum atomic E-state index is 13.3. The second-order valence-corrected chi connectivity index (χ2v) is 9.18. The molecule has 0 aliphatic rings. The molecule has 0 fully saturated rings. The summed E-state index contributed by atoms with van der Waals surface area (Å²) in [6.07, 6.45) is 0.513. The van der Waals surface area contributed by atoms with Crippen molar-refractivity contribution in [2.75, 3.05) is 12.3 Å². The smallest absolute Gasteiger partial charge is 0.242 e. The average Bonchev–Trinajstić information content (AvgIpc) is 2.73. The lowest BCUT2D eigenvalue weighted by atomic mass is 10.1. The Labute approximate surface area is 189 Å². The monoisotopic (exact) mass is 444 g/mol. The Morgan fingerprint density at radius 2 is 1.81 bits per heavy atom. The molecule has 0 unspecified atom stereocenters. The molecule has 2 aromatic carbocycles. The summed E-state index contributed by atoms with van der Waals surface area (Å²) in [5.74, 6) is 0.783. The number of thioether (sulfide) groups is 1. The van der Waals surface area contributed by atoms with E-state index in [9.17, 15) is 14.0 Å². The highest BCUT2D eigenvalue weighted by molar-refractivity contribution is 7.99. The molecule has 1 N–H and O–H groups in total. The zero-order valence-corrected chi connectivity index (χ0v) is 19.7. The standard InChI is InChI=1S/C25H33FN2O2S/c1-5-23(25(30)27-14-18(2)3)28(15-20-9-11-22(26)12-10-20)24(29)17-31-16-21-8-6-7-19(4)13-21/h6-13,18,23H,5,14-17H2,1-4H3,(H,27,30)/t23-/m1/s1. The Morgan fingerprint density at radius 1 is 1.10 bits per heavy atom. The summed E-state index contributed by atoms with van der Waals surface area (Å²) in [6, 6.07) is 13.7. The molecule has 0 radical (unpaired) electrons. The summed E-state index contributed by atoms with van der Waals surface area (Å²) in [5, 5.41) is 2.95. The van der Waals surface area contributed by atoms with Crippen molar-refractivity contribution in [1.29, 1.82) is 0 Å². The van der Waals surface area contributed by atoms with Gasteiger partial charge in [-0.3, -0.25) is 9.59 Å². The van der Waals surface area contributed by atoms with Gasteiger partial charge in [0, 0.05) is 18.8 Å². The summed E-state index contributed by atoms with van der Waals surface area (Å²) in [6.45, 7) is 8.86. The van der Waals surface area contributed by atoms with Crippen LogP contribution >= 0.6 is 11.8 Å². The normalized spacial score (nSPS) is 11.9. The van der Waals surface area contributed by atoms with E-state index < -0.39 is 6.04 Å². The number of hydrogen-bond donors (Lipinski definition) is 1. The van der Waals surface area contributed by atoms with Gasteiger partial charge in [0.25, 0.3) is 0 Å². The van der Waals surface area contributed by atoms with Gasteiger partial charge in [0.15, 0.2) is 0 Å². The van der Waals surface area contributed by atoms with E-state index in [0.29, 0.717) is 18.9 Å². The SMILES string of the molecule is CC[C@H](C(=O)NCC(C)C)N(Cc1ccc(F)cc1)C(=O)CSCc1cccc(C)c1. The van der Waals surface area contributed by atoms with Gasteiger partial charge in [0.1, 0.15) is 11.9 Å². The molecule has 0 aliphatic carbocycles. The number of aryl methyl sites for hydroxylation is 1. The average molecular weight is 445 g/mol. The molecule has 168 valence electrons. The van der Waals surface area contributed by atoms with Gasteiger partial charge in [-0.1, -0.05) is 62.7 Å². The zero-order valence-electron chi connectivity index (χ0n) is 18.9. The topological polar surface area (TPSA) is 49.4 Å². The molecule has 1 atom stereocenters. The lowest BCUT2D eigenvalue weighted by molar-refractivity contribution is -0.139. The van der Waals surface area contributed by atoms with Crippen LogP contribution in [-0.2, 0) is 21.9 Å². The van der Waals surface area contributed by atoms with Crippen LogP contribution in [0.3, 0.4) is 0 Å². The predicted molar refractivity (Wildman–Crippen MR) is 126 cm³/mol. The minimum atomic E-state index is -0.559. The maximum Gasteiger partial charge on any atom is 0.242 e. The number of hydrogen-bond acceptors (Lipinski definition) is 3. The van der Waals surface area contributed by atoms with Gasteiger partial charge in [-0.25, -0.2) is 4.39 Å². The highest BCUT2D eigenvalue weighted by Gasteiger charge is 2.28. The van der Waals surface area contributed by atoms with Crippen LogP contribution in [0.25, 0.3) is 0 Å². The molecule has 0 heterocycles. The van der Waals surface area contributed by atoms with Gasteiger partial charge in [-0.2, -0.15) is 0 Å². The van der Waals surface area contributed by atoms with Crippen LogP contribution in [0.1, 0.15) is 43.9 Å². The number of benzene rings is 2. The minimum absolute atomic E-state index is 0.0893. The van der Waals surface area contributed by atoms with E-state index in [-0.39, 0.29) is 29.9 Å². The fraction of sp³-hybridized carbons (Fsp3) is 0.440. The van der Waals surface area contributed by atoms with E-state index in [4.69, 9.17) is 0 Å². The van der Waals surface area contributed by atoms with Crippen molar-refractivity contribution in [3.8, 4) is 0 Å². The third-order valence-corrected chi connectivity index (χ3v) is 5.90. The van der Waals surface area contributed by atoms with E-state index >= 15 is 0 Å². The molecule has 0 spiro atoms. The number of halogens is 1. The number of carbonyl (C=O) groups excluding carboxylic acids is 2. The first-order valence-corrected chi connectivity index (χ1v) is 11.9. The number of rotatable bonds is 11. The van der Waals surface area contributed by atoms with Crippen molar-refractivity contribution in [3.63, 3.8) is 0 Å². The zero-order chi connectivity index (χ0) is 22.8. The lowest BCUT2D eigenvalue weighted by Gasteiger charge is -2.31. The number of carbonyl (C=O) groups is 2. The van der Waals surface area contributed by atoms with Gasteiger partial charge in [0.2, 0.25) is 11.8 Å². The van der Waals surface area contributed by atoms with Crippen LogP contribution in [-0.4, -0.2) is 35.1 Å². The molecule has 2 amide bonds. The van der Waals surface area contributed by atoms with E-state index in [1.165, 1.54) is 35.0 Å². The molecule has 0 bridgehead atoms. The summed E-state index contributed by atoms with van der Waals surface area (Å²) in [4.78, 5) is 27.6. The first-order valence-electron chi connectivity index (χ1n) is 10.7. The Morgan fingerprint density at radius 3 is 2.42 bits per heavy atom. The Hall–Kier alpha value is -2.34. The largest absolute Gasteiger partial charge is 0.354 e. The number of amides is 2. The van der Waals surface area contributed by atoms with Crippen molar-refractivity contribution in [1.82, 2.24) is 10.2 Å². The molecule has 0 saturated carbocycles. The lowest BCUT2D eigenvalue weighted by Crippen LogP contribution is -2.50. The fourth-order valence-corrected chi connectivity index (χ4v) is 4.13.